The summed E-state index contributed by atoms with van der Waals surface area (Å²) in [5.41, 5.74) is 1.96. The van der Waals surface area contributed by atoms with Gasteiger partial charge in [0.05, 0.1) is 17.2 Å². The molecule has 1 fully saturated rings. The summed E-state index contributed by atoms with van der Waals surface area (Å²) >= 11 is 0. The van der Waals surface area contributed by atoms with Crippen LogP contribution in [0.15, 0.2) is 48.5 Å². The monoisotopic (exact) mass is 379 g/mol. The molecule has 0 radical (unpaired) electrons. The van der Waals surface area contributed by atoms with E-state index in [2.05, 4.69) is 24.8 Å². The highest BCUT2D eigenvalue weighted by Gasteiger charge is 2.30. The van der Waals surface area contributed by atoms with Crippen molar-refractivity contribution in [3.8, 4) is 6.07 Å². The lowest BCUT2D eigenvalue weighted by molar-refractivity contribution is 0.0702. The third-order valence-electron chi connectivity index (χ3n) is 5.38. The molecule has 28 heavy (non-hydrogen) atoms. The van der Waals surface area contributed by atoms with Gasteiger partial charge in [0.2, 0.25) is 0 Å². The molecule has 3 rings (SSSR count). The summed E-state index contributed by atoms with van der Waals surface area (Å²) in [6, 6.07) is 15.9. The van der Waals surface area contributed by atoms with Crippen LogP contribution in [0.2, 0.25) is 0 Å². The van der Waals surface area contributed by atoms with E-state index in [1.54, 1.807) is 24.3 Å². The van der Waals surface area contributed by atoms with E-state index in [4.69, 9.17) is 0 Å². The van der Waals surface area contributed by atoms with Gasteiger partial charge >= 0.3 is 0 Å². The Hall–Kier alpha value is -2.71. The Labute approximate surface area is 166 Å². The largest absolute Gasteiger partial charge is 0.337 e. The fraction of sp³-hybridized carbons (Fsp3) is 0.391. The van der Waals surface area contributed by atoms with E-state index < -0.39 is 0 Å². The normalized spacial score (nSPS) is 18.0. The maximum Gasteiger partial charge on any atom is 0.255 e. The summed E-state index contributed by atoms with van der Waals surface area (Å²) in [6.07, 6.45) is 0.866. The summed E-state index contributed by atoms with van der Waals surface area (Å²) in [4.78, 5) is 17.4. The summed E-state index contributed by atoms with van der Waals surface area (Å²) in [7, 11) is 0. The standard InChI is InChI=1S/C23H26FN3O/c1-17(2)22-16-27(23(28)21-7-4-3-6-19(21)14-25)13-5-12-26(22)15-18-8-10-20(24)11-9-18/h3-4,6-11,17,22H,5,12-13,15-16H2,1-2H3/t22-/m1/s1. The summed E-state index contributed by atoms with van der Waals surface area (Å²) in [5.74, 6) is 0.0550. The van der Waals surface area contributed by atoms with Crippen LogP contribution in [-0.2, 0) is 6.54 Å². The van der Waals surface area contributed by atoms with Crippen molar-refractivity contribution in [3.05, 3.63) is 71.0 Å². The molecule has 0 N–H and O–H groups in total. The number of carbonyl (C=O) groups is 1. The molecule has 1 atom stereocenters. The minimum atomic E-state index is -0.229. The van der Waals surface area contributed by atoms with Gasteiger partial charge in [0.1, 0.15) is 5.82 Å². The quantitative estimate of drug-likeness (QED) is 0.805. The van der Waals surface area contributed by atoms with Gasteiger partial charge in [-0.05, 0) is 42.2 Å². The molecule has 4 nitrogen and oxygen atoms in total. The van der Waals surface area contributed by atoms with Crippen molar-refractivity contribution < 1.29 is 9.18 Å². The van der Waals surface area contributed by atoms with Crippen LogP contribution in [0.3, 0.4) is 0 Å². The smallest absolute Gasteiger partial charge is 0.255 e. The van der Waals surface area contributed by atoms with Gasteiger partial charge in [-0.2, -0.15) is 5.26 Å². The summed E-state index contributed by atoms with van der Waals surface area (Å²) in [5, 5.41) is 9.33. The lowest BCUT2D eigenvalue weighted by Crippen LogP contribution is -2.45. The van der Waals surface area contributed by atoms with Crippen molar-refractivity contribution in [1.29, 1.82) is 5.26 Å². The average molecular weight is 379 g/mol. The minimum absolute atomic E-state index is 0.0774. The molecule has 0 aromatic heterocycles. The van der Waals surface area contributed by atoms with Gasteiger partial charge in [-0.3, -0.25) is 9.69 Å². The predicted octanol–water partition coefficient (Wildman–Crippen LogP) is 4.07. The van der Waals surface area contributed by atoms with Gasteiger partial charge in [-0.15, -0.1) is 0 Å². The molecule has 1 aliphatic heterocycles. The van der Waals surface area contributed by atoms with Gasteiger partial charge in [0.15, 0.2) is 0 Å². The predicted molar refractivity (Wildman–Crippen MR) is 107 cm³/mol. The highest BCUT2D eigenvalue weighted by atomic mass is 19.1. The number of carbonyl (C=O) groups excluding carboxylic acids is 1. The molecule has 0 bridgehead atoms. The molecular weight excluding hydrogens is 353 g/mol. The zero-order chi connectivity index (χ0) is 20.1. The summed E-state index contributed by atoms with van der Waals surface area (Å²) in [6.45, 7) is 7.24. The Morgan fingerprint density at radius 1 is 1.18 bits per heavy atom. The van der Waals surface area contributed by atoms with E-state index in [1.807, 2.05) is 17.0 Å². The molecule has 5 heteroatoms. The third kappa shape index (κ3) is 4.58. The van der Waals surface area contributed by atoms with E-state index in [0.717, 1.165) is 25.1 Å². The number of rotatable bonds is 4. The van der Waals surface area contributed by atoms with Crippen LogP contribution in [0.25, 0.3) is 0 Å². The van der Waals surface area contributed by atoms with Crippen LogP contribution in [0.1, 0.15) is 41.8 Å². The van der Waals surface area contributed by atoms with E-state index >= 15 is 0 Å². The van der Waals surface area contributed by atoms with Crippen LogP contribution in [-0.4, -0.2) is 41.4 Å². The van der Waals surface area contributed by atoms with Gasteiger partial charge in [-0.1, -0.05) is 38.1 Å². The SMILES string of the molecule is CC(C)[C@H]1CN(C(=O)c2ccccc2C#N)CCCN1Cc1ccc(F)cc1. The second-order valence-electron chi connectivity index (χ2n) is 7.67. The molecule has 2 aromatic rings. The van der Waals surface area contributed by atoms with Crippen molar-refractivity contribution in [2.75, 3.05) is 19.6 Å². The Bertz CT molecular complexity index is 857. The molecule has 1 saturated heterocycles. The van der Waals surface area contributed by atoms with Crippen molar-refractivity contribution >= 4 is 5.91 Å². The fourth-order valence-electron chi connectivity index (χ4n) is 3.84. The van der Waals surface area contributed by atoms with Gasteiger partial charge in [-0.25, -0.2) is 4.39 Å². The molecule has 0 unspecified atom stereocenters. The van der Waals surface area contributed by atoms with Crippen molar-refractivity contribution in [2.24, 2.45) is 5.92 Å². The van der Waals surface area contributed by atoms with Crippen molar-refractivity contribution in [3.63, 3.8) is 0 Å². The average Bonchev–Trinajstić information content (AvgIpc) is 2.92. The minimum Gasteiger partial charge on any atom is -0.337 e. The number of halogens is 1. The molecule has 1 amide bonds. The number of hydrogen-bond donors (Lipinski definition) is 0. The first-order chi connectivity index (χ1) is 13.5. The highest BCUT2D eigenvalue weighted by molar-refractivity contribution is 5.96. The Balaban J connectivity index is 1.79. The van der Waals surface area contributed by atoms with Crippen LogP contribution >= 0.6 is 0 Å². The van der Waals surface area contributed by atoms with Crippen LogP contribution in [0, 0.1) is 23.1 Å². The molecule has 2 aromatic carbocycles. The molecule has 0 saturated carbocycles. The van der Waals surface area contributed by atoms with E-state index in [-0.39, 0.29) is 17.8 Å². The Kier molecular flexibility index (Phi) is 6.43. The maximum absolute atomic E-state index is 13.2. The van der Waals surface area contributed by atoms with E-state index in [1.165, 1.54) is 12.1 Å². The first-order valence-corrected chi connectivity index (χ1v) is 9.76. The molecule has 1 heterocycles. The van der Waals surface area contributed by atoms with Crippen LogP contribution in [0.5, 0.6) is 0 Å². The van der Waals surface area contributed by atoms with E-state index in [9.17, 15) is 14.4 Å². The Morgan fingerprint density at radius 2 is 1.89 bits per heavy atom. The first kappa shape index (κ1) is 20.0. The fourth-order valence-corrected chi connectivity index (χ4v) is 3.84. The van der Waals surface area contributed by atoms with Gasteiger partial charge in [0, 0.05) is 32.2 Å². The zero-order valence-electron chi connectivity index (χ0n) is 16.4. The first-order valence-electron chi connectivity index (χ1n) is 9.76. The van der Waals surface area contributed by atoms with Crippen LogP contribution in [0.4, 0.5) is 4.39 Å². The van der Waals surface area contributed by atoms with Gasteiger partial charge < -0.3 is 4.90 Å². The molecule has 146 valence electrons. The molecule has 0 aliphatic carbocycles. The van der Waals surface area contributed by atoms with Crippen molar-refractivity contribution in [1.82, 2.24) is 9.80 Å². The number of nitrogens with zero attached hydrogens (tertiary/aromatic N) is 3. The number of benzene rings is 2. The van der Waals surface area contributed by atoms with Crippen molar-refractivity contribution in [2.45, 2.75) is 32.9 Å². The molecular formula is C23H26FN3O. The lowest BCUT2D eigenvalue weighted by Gasteiger charge is -2.34. The Morgan fingerprint density at radius 3 is 2.57 bits per heavy atom. The zero-order valence-corrected chi connectivity index (χ0v) is 16.4. The third-order valence-corrected chi connectivity index (χ3v) is 5.38. The van der Waals surface area contributed by atoms with Crippen LogP contribution < -0.4 is 0 Å². The van der Waals surface area contributed by atoms with E-state index in [0.29, 0.717) is 30.1 Å². The van der Waals surface area contributed by atoms with Gasteiger partial charge in [0.25, 0.3) is 5.91 Å². The second kappa shape index (κ2) is 8.99. The lowest BCUT2D eigenvalue weighted by atomic mass is 10.0. The molecule has 0 spiro atoms. The number of amides is 1. The highest BCUT2D eigenvalue weighted by Crippen LogP contribution is 2.22. The number of hydrogen-bond acceptors (Lipinski definition) is 3. The summed E-state index contributed by atoms with van der Waals surface area (Å²) < 4.78 is 13.2. The number of nitriles is 1. The second-order valence-corrected chi connectivity index (χ2v) is 7.67. The topological polar surface area (TPSA) is 47.3 Å². The maximum atomic E-state index is 13.2. The molecule has 1 aliphatic rings.